The van der Waals surface area contributed by atoms with Crippen LogP contribution in [0, 0.1) is 16.7 Å². The minimum absolute atomic E-state index is 0.0282. The molecule has 29 heavy (non-hydrogen) atoms. The molecule has 3 atom stereocenters. The molecular formula is C23H34O6. The minimum Gasteiger partial charge on any atom is -0.478 e. The molecule has 0 radical (unpaired) electrons. The molecule has 2 fully saturated rings. The molecule has 6 nitrogen and oxygen atoms in total. The van der Waals surface area contributed by atoms with E-state index < -0.39 is 11.9 Å². The molecule has 162 valence electrons. The van der Waals surface area contributed by atoms with Gasteiger partial charge in [-0.15, -0.1) is 0 Å². The predicted octanol–water partition coefficient (Wildman–Crippen LogP) is 4.46. The highest BCUT2D eigenvalue weighted by Crippen LogP contribution is 2.66. The molecule has 3 unspecified atom stereocenters. The van der Waals surface area contributed by atoms with Gasteiger partial charge in [0.1, 0.15) is 6.10 Å². The van der Waals surface area contributed by atoms with Crippen LogP contribution in [0.25, 0.3) is 0 Å². The van der Waals surface area contributed by atoms with E-state index in [1.165, 1.54) is 26.5 Å². The molecule has 0 aromatic rings. The highest BCUT2D eigenvalue weighted by molar-refractivity contribution is 5.89. The van der Waals surface area contributed by atoms with E-state index in [0.29, 0.717) is 17.1 Å². The van der Waals surface area contributed by atoms with Crippen molar-refractivity contribution in [2.45, 2.75) is 66.4 Å². The largest absolute Gasteiger partial charge is 0.478 e. The standard InChI is InChI=1S/C18H26O4.C5H8O2/c1-11(15(19)20)6-7-12(2)16(21)22-14-10-13-8-9-18(14,5)17(13,3)4;1-4(2)5(6)7-3/h6,13-14H,2,7-10H2,1,3-5H3,(H,19,20);1H2,2-3H3. The van der Waals surface area contributed by atoms with E-state index in [1.54, 1.807) is 6.92 Å². The average Bonchev–Trinajstić information content (AvgIpc) is 2.98. The molecule has 2 saturated carbocycles. The van der Waals surface area contributed by atoms with Crippen LogP contribution in [0.4, 0.5) is 0 Å². The lowest BCUT2D eigenvalue weighted by Crippen LogP contribution is -2.38. The average molecular weight is 407 g/mol. The Labute approximate surface area is 173 Å². The van der Waals surface area contributed by atoms with Crippen molar-refractivity contribution in [1.82, 2.24) is 0 Å². The summed E-state index contributed by atoms with van der Waals surface area (Å²) in [5, 5.41) is 8.81. The normalized spacial score (nSPS) is 26.8. The molecule has 2 aliphatic rings. The highest BCUT2D eigenvalue weighted by Gasteiger charge is 2.62. The molecular weight excluding hydrogens is 372 g/mol. The van der Waals surface area contributed by atoms with Crippen molar-refractivity contribution in [1.29, 1.82) is 0 Å². The van der Waals surface area contributed by atoms with Crippen molar-refractivity contribution in [3.63, 3.8) is 0 Å². The molecule has 2 aliphatic carbocycles. The number of ether oxygens (including phenoxy) is 2. The second kappa shape index (κ2) is 9.42. The minimum atomic E-state index is -0.983. The number of carbonyl (C=O) groups is 3. The van der Waals surface area contributed by atoms with E-state index in [0.717, 1.165) is 12.8 Å². The number of esters is 2. The molecule has 0 heterocycles. The number of carboxylic acid groups (broad SMARTS) is 1. The van der Waals surface area contributed by atoms with Gasteiger partial charge < -0.3 is 14.6 Å². The topological polar surface area (TPSA) is 89.9 Å². The van der Waals surface area contributed by atoms with E-state index in [9.17, 15) is 14.4 Å². The van der Waals surface area contributed by atoms with E-state index in [1.807, 2.05) is 0 Å². The maximum atomic E-state index is 12.2. The Morgan fingerprint density at radius 2 is 1.72 bits per heavy atom. The van der Waals surface area contributed by atoms with Crippen molar-refractivity contribution in [2.75, 3.05) is 7.11 Å². The number of hydrogen-bond acceptors (Lipinski definition) is 5. The number of hydrogen-bond donors (Lipinski definition) is 1. The summed E-state index contributed by atoms with van der Waals surface area (Å²) >= 11 is 0. The lowest BCUT2D eigenvalue weighted by Gasteiger charge is -2.38. The Balaban J connectivity index is 0.000000516. The van der Waals surface area contributed by atoms with E-state index in [2.05, 4.69) is 38.7 Å². The van der Waals surface area contributed by atoms with Gasteiger partial charge in [-0.25, -0.2) is 14.4 Å². The summed E-state index contributed by atoms with van der Waals surface area (Å²) in [7, 11) is 1.33. The Morgan fingerprint density at radius 1 is 1.14 bits per heavy atom. The summed E-state index contributed by atoms with van der Waals surface area (Å²) in [4.78, 5) is 33.1. The molecule has 6 heteroatoms. The summed E-state index contributed by atoms with van der Waals surface area (Å²) in [6, 6.07) is 0. The first-order chi connectivity index (χ1) is 13.3. The van der Waals surface area contributed by atoms with Crippen LogP contribution in [0.5, 0.6) is 0 Å². The van der Waals surface area contributed by atoms with Crippen molar-refractivity contribution in [3.8, 4) is 0 Å². The van der Waals surface area contributed by atoms with Gasteiger partial charge in [-0.2, -0.15) is 0 Å². The zero-order chi connectivity index (χ0) is 22.6. The predicted molar refractivity (Wildman–Crippen MR) is 111 cm³/mol. The van der Waals surface area contributed by atoms with Gasteiger partial charge in [-0.05, 0) is 50.9 Å². The Hall–Kier alpha value is -2.37. The zero-order valence-corrected chi connectivity index (χ0v) is 18.5. The molecule has 2 bridgehead atoms. The van der Waals surface area contributed by atoms with Crippen LogP contribution in [0.15, 0.2) is 36.0 Å². The maximum Gasteiger partial charge on any atom is 0.334 e. The number of carboxylic acids is 1. The summed E-state index contributed by atoms with van der Waals surface area (Å²) in [5.41, 5.74) is 1.17. The maximum absolute atomic E-state index is 12.2. The summed E-state index contributed by atoms with van der Waals surface area (Å²) in [5.74, 6) is -1.12. The van der Waals surface area contributed by atoms with Gasteiger partial charge in [-0.1, -0.05) is 40.0 Å². The Kier molecular flexibility index (Phi) is 8.01. The molecule has 1 N–H and O–H groups in total. The molecule has 0 spiro atoms. The monoisotopic (exact) mass is 406 g/mol. The molecule has 0 aromatic carbocycles. The zero-order valence-electron chi connectivity index (χ0n) is 18.5. The summed E-state index contributed by atoms with van der Waals surface area (Å²) in [6.45, 7) is 16.9. The van der Waals surface area contributed by atoms with Crippen LogP contribution < -0.4 is 0 Å². The van der Waals surface area contributed by atoms with Gasteiger partial charge in [0.15, 0.2) is 0 Å². The van der Waals surface area contributed by atoms with Gasteiger partial charge in [0, 0.05) is 22.1 Å². The number of rotatable bonds is 6. The second-order valence-corrected chi connectivity index (χ2v) is 8.78. The molecule has 0 saturated heterocycles. The van der Waals surface area contributed by atoms with Gasteiger partial charge in [-0.3, -0.25) is 0 Å². The number of methoxy groups -OCH3 is 1. The first kappa shape index (κ1) is 24.7. The highest BCUT2D eigenvalue weighted by atomic mass is 16.5. The smallest absolute Gasteiger partial charge is 0.334 e. The first-order valence-corrected chi connectivity index (χ1v) is 9.80. The van der Waals surface area contributed by atoms with E-state index in [-0.39, 0.29) is 34.9 Å². The summed E-state index contributed by atoms with van der Waals surface area (Å²) in [6.07, 6.45) is 4.87. The molecule has 0 amide bonds. The quantitative estimate of drug-likeness (QED) is 0.517. The SMILES string of the molecule is C=C(C)C(=O)OC.C=C(CC=C(C)C(=O)O)C(=O)OC1CC2CCC1(C)C2(C)C. The van der Waals surface area contributed by atoms with Crippen LogP contribution in [-0.2, 0) is 23.9 Å². The van der Waals surface area contributed by atoms with Crippen molar-refractivity contribution >= 4 is 17.9 Å². The third-order valence-electron chi connectivity index (χ3n) is 6.78. The van der Waals surface area contributed by atoms with Crippen LogP contribution >= 0.6 is 0 Å². The summed E-state index contributed by atoms with van der Waals surface area (Å²) < 4.78 is 10.00. The molecule has 0 aliphatic heterocycles. The third-order valence-corrected chi connectivity index (χ3v) is 6.78. The van der Waals surface area contributed by atoms with Crippen LogP contribution in [0.3, 0.4) is 0 Å². The molecule has 0 aromatic heterocycles. The van der Waals surface area contributed by atoms with Crippen molar-refractivity contribution in [2.24, 2.45) is 16.7 Å². The lowest BCUT2D eigenvalue weighted by molar-refractivity contribution is -0.152. The van der Waals surface area contributed by atoms with Gasteiger partial charge in [0.25, 0.3) is 0 Å². The van der Waals surface area contributed by atoms with Crippen LogP contribution in [0.2, 0.25) is 0 Å². The first-order valence-electron chi connectivity index (χ1n) is 9.80. The second-order valence-electron chi connectivity index (χ2n) is 8.78. The van der Waals surface area contributed by atoms with Gasteiger partial charge >= 0.3 is 17.9 Å². The van der Waals surface area contributed by atoms with E-state index >= 15 is 0 Å². The van der Waals surface area contributed by atoms with Gasteiger partial charge in [0.05, 0.1) is 7.11 Å². The number of allylic oxidation sites excluding steroid dienone is 1. The number of carbonyl (C=O) groups excluding carboxylic acids is 2. The molecule has 2 rings (SSSR count). The number of fused-ring (bicyclic) bond motifs is 2. The Morgan fingerprint density at radius 3 is 2.07 bits per heavy atom. The third kappa shape index (κ3) is 5.37. The van der Waals surface area contributed by atoms with Gasteiger partial charge in [0.2, 0.25) is 0 Å². The van der Waals surface area contributed by atoms with Crippen LogP contribution in [0.1, 0.15) is 60.3 Å². The van der Waals surface area contributed by atoms with Crippen molar-refractivity contribution in [3.05, 3.63) is 36.0 Å². The fourth-order valence-corrected chi connectivity index (χ4v) is 4.14. The van der Waals surface area contributed by atoms with E-state index in [4.69, 9.17) is 9.84 Å². The Bertz CT molecular complexity index is 730. The fourth-order valence-electron chi connectivity index (χ4n) is 4.14. The number of aliphatic carboxylic acids is 1. The van der Waals surface area contributed by atoms with Crippen molar-refractivity contribution < 1.29 is 29.0 Å². The lowest BCUT2D eigenvalue weighted by atomic mass is 9.70. The fraction of sp³-hybridized carbons (Fsp3) is 0.609. The van der Waals surface area contributed by atoms with Crippen LogP contribution in [-0.4, -0.2) is 36.2 Å².